The Kier molecular flexibility index (Phi) is 4.94. The number of likely N-dealkylation sites (tertiary alicyclic amines) is 1. The van der Waals surface area contributed by atoms with Crippen molar-refractivity contribution in [1.82, 2.24) is 9.80 Å². The largest absolute Gasteiger partial charge is 0.341 e. The van der Waals surface area contributed by atoms with Gasteiger partial charge in [-0.15, -0.1) is 0 Å². The average molecular weight is 230 g/mol. The van der Waals surface area contributed by atoms with Gasteiger partial charge in [0.05, 0.1) is 6.54 Å². The Balaban J connectivity index is 2.33. The fourth-order valence-corrected chi connectivity index (χ4v) is 1.84. The summed E-state index contributed by atoms with van der Waals surface area (Å²) >= 11 is 3.99. The lowest BCUT2D eigenvalue weighted by Crippen LogP contribution is -2.39. The minimum atomic E-state index is -0.0162. The molecule has 0 unspecified atom stereocenters. The van der Waals surface area contributed by atoms with Crippen LogP contribution in [0.15, 0.2) is 0 Å². The van der Waals surface area contributed by atoms with E-state index in [-0.39, 0.29) is 18.4 Å². The van der Waals surface area contributed by atoms with Crippen molar-refractivity contribution in [2.45, 2.75) is 19.3 Å². The minimum Gasteiger partial charge on any atom is -0.341 e. The highest BCUT2D eigenvalue weighted by molar-refractivity contribution is 7.80. The molecule has 1 aliphatic rings. The van der Waals surface area contributed by atoms with Gasteiger partial charge in [0.25, 0.3) is 0 Å². The van der Waals surface area contributed by atoms with Crippen LogP contribution in [0.1, 0.15) is 19.3 Å². The van der Waals surface area contributed by atoms with Crippen LogP contribution in [0.5, 0.6) is 0 Å². The van der Waals surface area contributed by atoms with Crippen molar-refractivity contribution in [3.63, 3.8) is 0 Å². The van der Waals surface area contributed by atoms with Crippen molar-refractivity contribution >= 4 is 24.4 Å². The zero-order chi connectivity index (χ0) is 11.3. The molecule has 86 valence electrons. The summed E-state index contributed by atoms with van der Waals surface area (Å²) in [4.78, 5) is 26.4. The lowest BCUT2D eigenvalue weighted by atomic mass is 10.4. The molecule has 0 bridgehead atoms. The fourth-order valence-electron chi connectivity index (χ4n) is 1.64. The Morgan fingerprint density at radius 1 is 1.33 bits per heavy atom. The predicted octanol–water partition coefficient (Wildman–Crippen LogP) is 0.387. The van der Waals surface area contributed by atoms with Gasteiger partial charge in [-0.1, -0.05) is 0 Å². The number of carbonyl (C=O) groups excluding carboxylic acids is 2. The first kappa shape index (κ1) is 12.4. The molecular weight excluding hydrogens is 212 g/mol. The second-order valence-electron chi connectivity index (χ2n) is 3.81. The smallest absolute Gasteiger partial charge is 0.242 e. The molecule has 0 aromatic heterocycles. The van der Waals surface area contributed by atoms with Gasteiger partial charge < -0.3 is 9.80 Å². The van der Waals surface area contributed by atoms with Crippen molar-refractivity contribution in [3.8, 4) is 0 Å². The van der Waals surface area contributed by atoms with E-state index in [1.807, 2.05) is 4.90 Å². The summed E-state index contributed by atoms with van der Waals surface area (Å²) in [5, 5.41) is 0. The highest BCUT2D eigenvalue weighted by atomic mass is 32.1. The summed E-state index contributed by atoms with van der Waals surface area (Å²) in [6.07, 6.45) is 2.56. The third-order valence-electron chi connectivity index (χ3n) is 2.58. The monoisotopic (exact) mass is 230 g/mol. The third-order valence-corrected chi connectivity index (χ3v) is 2.81. The van der Waals surface area contributed by atoms with E-state index in [2.05, 4.69) is 12.6 Å². The summed E-state index contributed by atoms with van der Waals surface area (Å²) in [6.45, 7) is 1.88. The Labute approximate surface area is 96.0 Å². The summed E-state index contributed by atoms with van der Waals surface area (Å²) in [5.41, 5.74) is 0. The summed E-state index contributed by atoms with van der Waals surface area (Å²) in [5.74, 6) is 0.571. The molecule has 1 fully saturated rings. The lowest BCUT2D eigenvalue weighted by molar-refractivity contribution is -0.138. The first-order valence-corrected chi connectivity index (χ1v) is 5.91. The van der Waals surface area contributed by atoms with Gasteiger partial charge in [-0.3, -0.25) is 9.59 Å². The van der Waals surface area contributed by atoms with E-state index in [1.165, 1.54) is 4.90 Å². The van der Waals surface area contributed by atoms with Crippen LogP contribution in [0.2, 0.25) is 0 Å². The molecule has 4 nitrogen and oxygen atoms in total. The van der Waals surface area contributed by atoms with Crippen molar-refractivity contribution in [3.05, 3.63) is 0 Å². The van der Waals surface area contributed by atoms with E-state index >= 15 is 0 Å². The van der Waals surface area contributed by atoms with Crippen LogP contribution in [-0.2, 0) is 9.59 Å². The highest BCUT2D eigenvalue weighted by Gasteiger charge is 2.20. The standard InChI is InChI=1S/C10H18N2O2S/c1-11(9(13)4-7-15)8-10(14)12-5-2-3-6-12/h15H,2-8H2,1H3. The Morgan fingerprint density at radius 3 is 2.47 bits per heavy atom. The second-order valence-corrected chi connectivity index (χ2v) is 4.26. The summed E-state index contributed by atoms with van der Waals surface area (Å²) in [7, 11) is 1.67. The maximum atomic E-state index is 11.7. The summed E-state index contributed by atoms with van der Waals surface area (Å²) in [6, 6.07) is 0. The number of hydrogen-bond acceptors (Lipinski definition) is 3. The molecule has 0 spiro atoms. The van der Waals surface area contributed by atoms with E-state index in [0.29, 0.717) is 12.2 Å². The van der Waals surface area contributed by atoms with Gasteiger partial charge in [0.15, 0.2) is 0 Å². The molecule has 1 heterocycles. The van der Waals surface area contributed by atoms with Crippen LogP contribution in [0, 0.1) is 0 Å². The minimum absolute atomic E-state index is 0.0162. The molecule has 1 aliphatic heterocycles. The van der Waals surface area contributed by atoms with Crippen molar-refractivity contribution in [2.24, 2.45) is 0 Å². The average Bonchev–Trinajstić information content (AvgIpc) is 2.70. The first-order chi connectivity index (χ1) is 7.15. The number of hydrogen-bond donors (Lipinski definition) is 1. The molecule has 1 rings (SSSR count). The van der Waals surface area contributed by atoms with Crippen molar-refractivity contribution in [1.29, 1.82) is 0 Å². The van der Waals surface area contributed by atoms with Crippen LogP contribution >= 0.6 is 12.6 Å². The maximum absolute atomic E-state index is 11.7. The van der Waals surface area contributed by atoms with Gasteiger partial charge in [-0.2, -0.15) is 12.6 Å². The van der Waals surface area contributed by atoms with Crippen molar-refractivity contribution < 1.29 is 9.59 Å². The maximum Gasteiger partial charge on any atom is 0.242 e. The molecule has 5 heteroatoms. The fraction of sp³-hybridized carbons (Fsp3) is 0.800. The van der Waals surface area contributed by atoms with E-state index in [4.69, 9.17) is 0 Å². The van der Waals surface area contributed by atoms with E-state index in [9.17, 15) is 9.59 Å². The van der Waals surface area contributed by atoms with Gasteiger partial charge in [-0.05, 0) is 18.6 Å². The predicted molar refractivity (Wildman–Crippen MR) is 61.9 cm³/mol. The number of rotatable bonds is 4. The highest BCUT2D eigenvalue weighted by Crippen LogP contribution is 2.07. The molecule has 0 N–H and O–H groups in total. The van der Waals surface area contributed by atoms with Crippen LogP contribution in [0.25, 0.3) is 0 Å². The number of likely N-dealkylation sites (N-methyl/N-ethyl adjacent to an activating group) is 1. The lowest BCUT2D eigenvalue weighted by Gasteiger charge is -2.21. The third kappa shape index (κ3) is 3.74. The number of nitrogens with zero attached hydrogens (tertiary/aromatic N) is 2. The molecule has 0 aliphatic carbocycles. The van der Waals surface area contributed by atoms with Gasteiger partial charge >= 0.3 is 0 Å². The zero-order valence-electron chi connectivity index (χ0n) is 9.11. The Morgan fingerprint density at radius 2 is 1.93 bits per heavy atom. The van der Waals surface area contributed by atoms with E-state index in [0.717, 1.165) is 25.9 Å². The van der Waals surface area contributed by atoms with Gasteiger partial charge in [0, 0.05) is 26.6 Å². The first-order valence-electron chi connectivity index (χ1n) is 5.27. The topological polar surface area (TPSA) is 40.6 Å². The Bertz CT molecular complexity index is 240. The second kappa shape index (κ2) is 6.00. The van der Waals surface area contributed by atoms with Gasteiger partial charge in [0.2, 0.25) is 11.8 Å². The van der Waals surface area contributed by atoms with Gasteiger partial charge in [-0.25, -0.2) is 0 Å². The molecular formula is C10H18N2O2S. The van der Waals surface area contributed by atoms with Crippen LogP contribution in [-0.4, -0.2) is 54.0 Å². The van der Waals surface area contributed by atoms with Crippen LogP contribution in [0.3, 0.4) is 0 Å². The quantitative estimate of drug-likeness (QED) is 0.710. The Hall–Kier alpha value is -0.710. The number of carbonyl (C=O) groups is 2. The normalized spacial score (nSPS) is 15.5. The van der Waals surface area contributed by atoms with Crippen molar-refractivity contribution in [2.75, 3.05) is 32.4 Å². The van der Waals surface area contributed by atoms with Crippen LogP contribution in [0.4, 0.5) is 0 Å². The SMILES string of the molecule is CN(CC(=O)N1CCCC1)C(=O)CCS. The van der Waals surface area contributed by atoms with Gasteiger partial charge in [0.1, 0.15) is 0 Å². The molecule has 0 aromatic rings. The number of amides is 2. The molecule has 1 saturated heterocycles. The number of thiol groups is 1. The summed E-state index contributed by atoms with van der Waals surface area (Å²) < 4.78 is 0. The van der Waals surface area contributed by atoms with E-state index < -0.39 is 0 Å². The molecule has 0 radical (unpaired) electrons. The van der Waals surface area contributed by atoms with Crippen LogP contribution < -0.4 is 0 Å². The molecule has 0 saturated carbocycles. The molecule has 15 heavy (non-hydrogen) atoms. The molecule has 0 atom stereocenters. The zero-order valence-corrected chi connectivity index (χ0v) is 10.0. The molecule has 0 aromatic carbocycles. The molecule has 2 amide bonds. The van der Waals surface area contributed by atoms with E-state index in [1.54, 1.807) is 7.05 Å².